The normalized spacial score (nSPS) is 14.9. The maximum Gasteiger partial charge on any atom is 0.0928 e. The highest BCUT2D eigenvalue weighted by Gasteiger charge is 2.15. The Morgan fingerprint density at radius 1 is 1.41 bits per heavy atom. The number of hydrogen-bond donors (Lipinski definition) is 2. The summed E-state index contributed by atoms with van der Waals surface area (Å²) in [7, 11) is 0. The first-order chi connectivity index (χ1) is 8.08. The summed E-state index contributed by atoms with van der Waals surface area (Å²) in [6.07, 6.45) is 2.89. The molecule has 0 aliphatic heterocycles. The van der Waals surface area contributed by atoms with Crippen molar-refractivity contribution in [2.24, 2.45) is 0 Å². The van der Waals surface area contributed by atoms with Gasteiger partial charge in [-0.05, 0) is 40.0 Å². The fourth-order valence-corrected chi connectivity index (χ4v) is 3.02. The van der Waals surface area contributed by atoms with Crippen LogP contribution in [0.2, 0.25) is 0 Å². The summed E-state index contributed by atoms with van der Waals surface area (Å²) in [5.41, 5.74) is 1.15. The standard InChI is InChI=1S/C13H24N2OS/c1-5-12-15-11(4)13(17-12)10(3)14-9(2)7-6-8-16/h9-10,14,16H,5-8H2,1-4H3. The molecule has 1 rings (SSSR count). The van der Waals surface area contributed by atoms with Gasteiger partial charge in [0.25, 0.3) is 0 Å². The van der Waals surface area contributed by atoms with Gasteiger partial charge in [-0.15, -0.1) is 11.3 Å². The van der Waals surface area contributed by atoms with Crippen LogP contribution >= 0.6 is 11.3 Å². The zero-order valence-corrected chi connectivity index (χ0v) is 12.1. The second-order valence-electron chi connectivity index (χ2n) is 4.57. The van der Waals surface area contributed by atoms with Crippen molar-refractivity contribution in [1.82, 2.24) is 10.3 Å². The number of thiazole rings is 1. The minimum absolute atomic E-state index is 0.278. The number of nitrogens with one attached hydrogen (secondary N) is 1. The SMILES string of the molecule is CCc1nc(C)c(C(C)NC(C)CCCO)s1. The minimum atomic E-state index is 0.278. The number of nitrogens with zero attached hydrogens (tertiary/aromatic N) is 1. The molecule has 0 radical (unpaired) electrons. The molecule has 3 nitrogen and oxygen atoms in total. The molecule has 98 valence electrons. The molecule has 0 fully saturated rings. The molecule has 0 aliphatic rings. The van der Waals surface area contributed by atoms with Crippen LogP contribution in [0.25, 0.3) is 0 Å². The molecule has 1 heterocycles. The number of aliphatic hydroxyl groups is 1. The van der Waals surface area contributed by atoms with Crippen molar-refractivity contribution in [2.75, 3.05) is 6.61 Å². The summed E-state index contributed by atoms with van der Waals surface area (Å²) in [5.74, 6) is 0. The molecule has 17 heavy (non-hydrogen) atoms. The first kappa shape index (κ1) is 14.6. The zero-order valence-electron chi connectivity index (χ0n) is 11.3. The second-order valence-corrected chi connectivity index (χ2v) is 5.68. The van der Waals surface area contributed by atoms with Crippen LogP contribution in [0.15, 0.2) is 0 Å². The lowest BCUT2D eigenvalue weighted by molar-refractivity contribution is 0.274. The summed E-state index contributed by atoms with van der Waals surface area (Å²) in [6.45, 7) is 8.87. The van der Waals surface area contributed by atoms with E-state index in [0.29, 0.717) is 12.1 Å². The molecular weight excluding hydrogens is 232 g/mol. The highest BCUT2D eigenvalue weighted by molar-refractivity contribution is 7.11. The molecule has 0 spiro atoms. The molecule has 0 aromatic carbocycles. The lowest BCUT2D eigenvalue weighted by Gasteiger charge is -2.19. The molecule has 0 bridgehead atoms. The molecule has 4 heteroatoms. The lowest BCUT2D eigenvalue weighted by Crippen LogP contribution is -2.29. The molecule has 0 amide bonds. The van der Waals surface area contributed by atoms with Gasteiger partial charge >= 0.3 is 0 Å². The number of aromatic nitrogens is 1. The van der Waals surface area contributed by atoms with Crippen LogP contribution in [0.1, 0.15) is 55.2 Å². The Bertz CT molecular complexity index is 338. The Kier molecular flexibility index (Phi) is 6.09. The number of aryl methyl sites for hydroxylation is 2. The minimum Gasteiger partial charge on any atom is -0.396 e. The van der Waals surface area contributed by atoms with E-state index >= 15 is 0 Å². The van der Waals surface area contributed by atoms with Gasteiger partial charge in [-0.25, -0.2) is 4.98 Å². The van der Waals surface area contributed by atoms with Crippen LogP contribution in [-0.2, 0) is 6.42 Å². The van der Waals surface area contributed by atoms with Crippen molar-refractivity contribution < 1.29 is 5.11 Å². The summed E-state index contributed by atoms with van der Waals surface area (Å²) in [6, 6.07) is 0.783. The predicted octanol–water partition coefficient (Wildman–Crippen LogP) is 2.83. The van der Waals surface area contributed by atoms with Crippen LogP contribution < -0.4 is 5.32 Å². The highest BCUT2D eigenvalue weighted by atomic mass is 32.1. The summed E-state index contributed by atoms with van der Waals surface area (Å²) in [5, 5.41) is 13.6. The van der Waals surface area contributed by atoms with Crippen molar-refractivity contribution in [2.45, 2.75) is 59.0 Å². The zero-order chi connectivity index (χ0) is 12.8. The molecule has 1 aromatic rings. The molecule has 2 atom stereocenters. The largest absolute Gasteiger partial charge is 0.396 e. The van der Waals surface area contributed by atoms with Gasteiger partial charge in [-0.3, -0.25) is 0 Å². The summed E-state index contributed by atoms with van der Waals surface area (Å²) in [4.78, 5) is 5.90. The molecule has 0 aliphatic carbocycles. The van der Waals surface area contributed by atoms with E-state index in [2.05, 4.69) is 38.0 Å². The van der Waals surface area contributed by atoms with Crippen LogP contribution in [0, 0.1) is 6.92 Å². The smallest absolute Gasteiger partial charge is 0.0928 e. The van der Waals surface area contributed by atoms with E-state index in [9.17, 15) is 0 Å². The Morgan fingerprint density at radius 3 is 2.65 bits per heavy atom. The number of rotatable bonds is 7. The fourth-order valence-electron chi connectivity index (χ4n) is 2.00. The lowest BCUT2D eigenvalue weighted by atomic mass is 10.1. The maximum absolute atomic E-state index is 8.81. The van der Waals surface area contributed by atoms with E-state index in [4.69, 9.17) is 5.11 Å². The third kappa shape index (κ3) is 4.37. The van der Waals surface area contributed by atoms with Gasteiger partial charge in [-0.2, -0.15) is 0 Å². The average molecular weight is 256 g/mol. The van der Waals surface area contributed by atoms with E-state index in [1.54, 1.807) is 0 Å². The molecular formula is C13H24N2OS. The molecule has 0 saturated heterocycles. The Labute approximate surface area is 108 Å². The van der Waals surface area contributed by atoms with Crippen LogP contribution in [-0.4, -0.2) is 22.7 Å². The Balaban J connectivity index is 2.56. The molecule has 0 saturated carbocycles. The highest BCUT2D eigenvalue weighted by Crippen LogP contribution is 2.25. The van der Waals surface area contributed by atoms with Gasteiger partial charge in [-0.1, -0.05) is 6.92 Å². The van der Waals surface area contributed by atoms with Crippen molar-refractivity contribution in [1.29, 1.82) is 0 Å². The van der Waals surface area contributed by atoms with Gasteiger partial charge in [0.1, 0.15) is 0 Å². The first-order valence-electron chi connectivity index (χ1n) is 6.41. The van der Waals surface area contributed by atoms with E-state index in [1.165, 1.54) is 9.88 Å². The van der Waals surface area contributed by atoms with Crippen LogP contribution in [0.5, 0.6) is 0 Å². The van der Waals surface area contributed by atoms with Crippen molar-refractivity contribution in [3.8, 4) is 0 Å². The van der Waals surface area contributed by atoms with Gasteiger partial charge in [0.05, 0.1) is 10.7 Å². The van der Waals surface area contributed by atoms with Crippen molar-refractivity contribution in [3.05, 3.63) is 15.6 Å². The Morgan fingerprint density at radius 2 is 2.12 bits per heavy atom. The number of aliphatic hydroxyl groups excluding tert-OH is 1. The van der Waals surface area contributed by atoms with Gasteiger partial charge in [0, 0.05) is 23.6 Å². The second kappa shape index (κ2) is 7.09. The fraction of sp³-hybridized carbons (Fsp3) is 0.769. The third-order valence-electron chi connectivity index (χ3n) is 2.90. The van der Waals surface area contributed by atoms with E-state index in [0.717, 1.165) is 25.0 Å². The Hall–Kier alpha value is -0.450. The quantitative estimate of drug-likeness (QED) is 0.788. The topological polar surface area (TPSA) is 45.2 Å². The van der Waals surface area contributed by atoms with Crippen LogP contribution in [0.4, 0.5) is 0 Å². The van der Waals surface area contributed by atoms with Gasteiger partial charge < -0.3 is 10.4 Å². The van der Waals surface area contributed by atoms with Crippen molar-refractivity contribution >= 4 is 11.3 Å². The van der Waals surface area contributed by atoms with Crippen LogP contribution in [0.3, 0.4) is 0 Å². The summed E-state index contributed by atoms with van der Waals surface area (Å²) < 4.78 is 0. The average Bonchev–Trinajstić information content (AvgIpc) is 2.68. The predicted molar refractivity (Wildman–Crippen MR) is 73.6 cm³/mol. The van der Waals surface area contributed by atoms with Crippen molar-refractivity contribution in [3.63, 3.8) is 0 Å². The van der Waals surface area contributed by atoms with Gasteiger partial charge in [0.2, 0.25) is 0 Å². The summed E-state index contributed by atoms with van der Waals surface area (Å²) >= 11 is 1.81. The molecule has 2 N–H and O–H groups in total. The molecule has 2 unspecified atom stereocenters. The maximum atomic E-state index is 8.81. The van der Waals surface area contributed by atoms with E-state index < -0.39 is 0 Å². The third-order valence-corrected chi connectivity index (χ3v) is 4.39. The van der Waals surface area contributed by atoms with E-state index in [-0.39, 0.29) is 6.61 Å². The monoisotopic (exact) mass is 256 g/mol. The molecule has 1 aromatic heterocycles. The number of hydrogen-bond acceptors (Lipinski definition) is 4. The van der Waals surface area contributed by atoms with Gasteiger partial charge in [0.15, 0.2) is 0 Å². The first-order valence-corrected chi connectivity index (χ1v) is 7.23. The van der Waals surface area contributed by atoms with E-state index in [1.807, 2.05) is 11.3 Å².